The van der Waals surface area contributed by atoms with Crippen molar-refractivity contribution in [2.75, 3.05) is 19.5 Å². The third-order valence-electron chi connectivity index (χ3n) is 2.44. The number of amides is 1. The molecular weight excluding hydrogens is 238 g/mol. The lowest BCUT2D eigenvalue weighted by Gasteiger charge is -2.21. The van der Waals surface area contributed by atoms with E-state index in [2.05, 4.69) is 5.32 Å². The summed E-state index contributed by atoms with van der Waals surface area (Å²) in [7, 11) is 1.60. The van der Waals surface area contributed by atoms with Gasteiger partial charge in [0.05, 0.1) is 7.11 Å². The Morgan fingerprint density at radius 2 is 1.94 bits per heavy atom. The molecule has 17 heavy (non-hydrogen) atoms. The number of carbonyl (C=O) groups is 1. The van der Waals surface area contributed by atoms with Gasteiger partial charge in [-0.15, -0.1) is 11.6 Å². The highest BCUT2D eigenvalue weighted by atomic mass is 35.5. The zero-order valence-electron chi connectivity index (χ0n) is 10.4. The first-order chi connectivity index (χ1) is 7.98. The first-order valence-electron chi connectivity index (χ1n) is 5.47. The molecule has 1 rings (SSSR count). The van der Waals surface area contributed by atoms with Gasteiger partial charge in [-0.25, -0.2) is 0 Å². The number of hydrogen-bond acceptors (Lipinski definition) is 2. The minimum atomic E-state index is -0.0936. The van der Waals surface area contributed by atoms with Gasteiger partial charge in [-0.3, -0.25) is 4.79 Å². The number of alkyl halides is 1. The minimum Gasteiger partial charge on any atom is -0.497 e. The van der Waals surface area contributed by atoms with E-state index in [1.54, 1.807) is 31.4 Å². The molecule has 3 nitrogen and oxygen atoms in total. The number of hydrogen-bond donors (Lipinski definition) is 1. The molecule has 94 valence electrons. The molecule has 0 heterocycles. The highest BCUT2D eigenvalue weighted by Crippen LogP contribution is 2.16. The molecule has 0 fully saturated rings. The summed E-state index contributed by atoms with van der Waals surface area (Å²) in [5.41, 5.74) is 0.528. The number of methoxy groups -OCH3 is 1. The molecule has 0 aromatic heterocycles. The fraction of sp³-hybridized carbons (Fsp3) is 0.462. The predicted octanol–water partition coefficient (Wildman–Crippen LogP) is 2.69. The Labute approximate surface area is 107 Å². The molecule has 0 radical (unpaired) electrons. The van der Waals surface area contributed by atoms with Crippen LogP contribution in [0.15, 0.2) is 24.3 Å². The lowest BCUT2D eigenvalue weighted by molar-refractivity contribution is 0.0940. The van der Waals surface area contributed by atoms with Gasteiger partial charge in [0.1, 0.15) is 5.75 Å². The SMILES string of the molecule is COc1ccc(C(=O)NCC(C)(C)CCl)cc1. The van der Waals surface area contributed by atoms with Crippen molar-refractivity contribution in [1.82, 2.24) is 5.32 Å². The molecule has 1 aromatic carbocycles. The Morgan fingerprint density at radius 1 is 1.35 bits per heavy atom. The Bertz CT molecular complexity index is 374. The highest BCUT2D eigenvalue weighted by molar-refractivity contribution is 6.18. The maximum absolute atomic E-state index is 11.8. The normalized spacial score (nSPS) is 11.1. The smallest absolute Gasteiger partial charge is 0.251 e. The van der Waals surface area contributed by atoms with Crippen molar-refractivity contribution in [2.45, 2.75) is 13.8 Å². The van der Waals surface area contributed by atoms with Gasteiger partial charge in [0.15, 0.2) is 0 Å². The summed E-state index contributed by atoms with van der Waals surface area (Å²) in [6, 6.07) is 7.01. The summed E-state index contributed by atoms with van der Waals surface area (Å²) in [5, 5.41) is 2.86. The van der Waals surface area contributed by atoms with E-state index in [9.17, 15) is 4.79 Å². The largest absolute Gasteiger partial charge is 0.497 e. The van der Waals surface area contributed by atoms with Crippen LogP contribution in [0.25, 0.3) is 0 Å². The fourth-order valence-corrected chi connectivity index (χ4v) is 1.31. The number of carbonyl (C=O) groups excluding carboxylic acids is 1. The van der Waals surface area contributed by atoms with Crippen LogP contribution in [0.4, 0.5) is 0 Å². The molecule has 1 amide bonds. The van der Waals surface area contributed by atoms with E-state index in [-0.39, 0.29) is 11.3 Å². The van der Waals surface area contributed by atoms with Crippen molar-refractivity contribution in [1.29, 1.82) is 0 Å². The van der Waals surface area contributed by atoms with Gasteiger partial charge in [0.25, 0.3) is 5.91 Å². The highest BCUT2D eigenvalue weighted by Gasteiger charge is 2.17. The van der Waals surface area contributed by atoms with Crippen molar-refractivity contribution < 1.29 is 9.53 Å². The first-order valence-corrected chi connectivity index (χ1v) is 6.00. The molecular formula is C13H18ClNO2. The van der Waals surface area contributed by atoms with E-state index >= 15 is 0 Å². The molecule has 0 aliphatic carbocycles. The van der Waals surface area contributed by atoms with Crippen LogP contribution in [-0.4, -0.2) is 25.4 Å². The quantitative estimate of drug-likeness (QED) is 0.822. The molecule has 0 aliphatic heterocycles. The Kier molecular flexibility index (Phi) is 4.82. The molecule has 0 aliphatic rings. The number of halogens is 1. The zero-order chi connectivity index (χ0) is 12.9. The fourth-order valence-electron chi connectivity index (χ4n) is 1.21. The average Bonchev–Trinajstić information content (AvgIpc) is 2.36. The monoisotopic (exact) mass is 255 g/mol. The van der Waals surface area contributed by atoms with E-state index in [1.807, 2.05) is 13.8 Å². The van der Waals surface area contributed by atoms with Crippen molar-refractivity contribution in [3.63, 3.8) is 0 Å². The Balaban J connectivity index is 2.58. The number of rotatable bonds is 5. The van der Waals surface area contributed by atoms with E-state index in [1.165, 1.54) is 0 Å². The second kappa shape index (κ2) is 5.92. The topological polar surface area (TPSA) is 38.3 Å². The summed E-state index contributed by atoms with van der Waals surface area (Å²) in [6.45, 7) is 4.57. The Morgan fingerprint density at radius 3 is 2.41 bits per heavy atom. The molecule has 0 bridgehead atoms. The van der Waals surface area contributed by atoms with Gasteiger partial charge in [-0.05, 0) is 29.7 Å². The van der Waals surface area contributed by atoms with E-state index in [4.69, 9.17) is 16.3 Å². The second-order valence-electron chi connectivity index (χ2n) is 4.71. The standard InChI is InChI=1S/C13H18ClNO2/c1-13(2,8-14)9-15-12(16)10-4-6-11(17-3)7-5-10/h4-7H,8-9H2,1-3H3,(H,15,16). The molecule has 0 unspecified atom stereocenters. The van der Waals surface area contributed by atoms with Gasteiger partial charge in [-0.2, -0.15) is 0 Å². The van der Waals surface area contributed by atoms with Gasteiger partial charge in [0.2, 0.25) is 0 Å². The van der Waals surface area contributed by atoms with Crippen molar-refractivity contribution in [3.05, 3.63) is 29.8 Å². The maximum Gasteiger partial charge on any atom is 0.251 e. The van der Waals surface area contributed by atoms with E-state index < -0.39 is 0 Å². The second-order valence-corrected chi connectivity index (χ2v) is 4.98. The maximum atomic E-state index is 11.8. The van der Waals surface area contributed by atoms with Crippen LogP contribution in [0, 0.1) is 5.41 Å². The lowest BCUT2D eigenvalue weighted by atomic mass is 9.96. The van der Waals surface area contributed by atoms with Gasteiger partial charge >= 0.3 is 0 Å². The van der Waals surface area contributed by atoms with Crippen LogP contribution >= 0.6 is 11.6 Å². The molecule has 0 saturated heterocycles. The van der Waals surface area contributed by atoms with Crippen LogP contribution in [0.1, 0.15) is 24.2 Å². The van der Waals surface area contributed by atoms with Crippen molar-refractivity contribution >= 4 is 17.5 Å². The van der Waals surface area contributed by atoms with Crippen LogP contribution in [0.2, 0.25) is 0 Å². The molecule has 1 N–H and O–H groups in total. The third-order valence-corrected chi connectivity index (χ3v) is 3.16. The van der Waals surface area contributed by atoms with Crippen LogP contribution in [0.5, 0.6) is 5.75 Å². The molecule has 4 heteroatoms. The van der Waals surface area contributed by atoms with Gasteiger partial charge in [0, 0.05) is 18.0 Å². The summed E-state index contributed by atoms with van der Waals surface area (Å²) in [6.07, 6.45) is 0. The van der Waals surface area contributed by atoms with Crippen molar-refractivity contribution in [2.24, 2.45) is 5.41 Å². The third kappa shape index (κ3) is 4.27. The summed E-state index contributed by atoms with van der Waals surface area (Å²) >= 11 is 5.79. The number of ether oxygens (including phenoxy) is 1. The predicted molar refractivity (Wildman–Crippen MR) is 69.8 cm³/mol. The van der Waals surface area contributed by atoms with Gasteiger partial charge < -0.3 is 10.1 Å². The van der Waals surface area contributed by atoms with Crippen LogP contribution in [0.3, 0.4) is 0 Å². The number of nitrogens with one attached hydrogen (secondary N) is 1. The van der Waals surface area contributed by atoms with E-state index in [0.29, 0.717) is 18.0 Å². The summed E-state index contributed by atoms with van der Waals surface area (Å²) in [5.74, 6) is 1.16. The number of benzene rings is 1. The molecule has 0 saturated carbocycles. The van der Waals surface area contributed by atoms with Gasteiger partial charge in [-0.1, -0.05) is 13.8 Å². The van der Waals surface area contributed by atoms with Crippen LogP contribution in [-0.2, 0) is 0 Å². The molecule has 0 spiro atoms. The first kappa shape index (κ1) is 13.8. The summed E-state index contributed by atoms with van der Waals surface area (Å²) < 4.78 is 5.03. The van der Waals surface area contributed by atoms with Crippen molar-refractivity contribution in [3.8, 4) is 5.75 Å². The molecule has 0 atom stereocenters. The molecule has 1 aromatic rings. The average molecular weight is 256 g/mol. The minimum absolute atomic E-state index is 0.0918. The zero-order valence-corrected chi connectivity index (χ0v) is 11.2. The van der Waals surface area contributed by atoms with E-state index in [0.717, 1.165) is 5.75 Å². The summed E-state index contributed by atoms with van der Waals surface area (Å²) in [4.78, 5) is 11.8. The Hall–Kier alpha value is -1.22. The lowest BCUT2D eigenvalue weighted by Crippen LogP contribution is -2.34. The van der Waals surface area contributed by atoms with Crippen LogP contribution < -0.4 is 10.1 Å².